The summed E-state index contributed by atoms with van der Waals surface area (Å²) < 4.78 is 8.80. The summed E-state index contributed by atoms with van der Waals surface area (Å²) in [6.45, 7) is 7.08. The summed E-state index contributed by atoms with van der Waals surface area (Å²) in [5.74, 6) is 0.604. The third-order valence-corrected chi connectivity index (χ3v) is 29.5. The fourth-order valence-corrected chi connectivity index (χ4v) is 30.9. The van der Waals surface area contributed by atoms with E-state index < -0.39 is 17.1 Å². The molecule has 1 unspecified atom stereocenters. The molecular formula is C22H28Cl2HfSi. The summed E-state index contributed by atoms with van der Waals surface area (Å²) in [5.41, 5.74) is 7.59. The van der Waals surface area contributed by atoms with E-state index in [4.69, 9.17) is 0 Å². The Balaban J connectivity index is 0.00000121. The minimum absolute atomic E-state index is 0. The van der Waals surface area contributed by atoms with Crippen molar-refractivity contribution in [2.24, 2.45) is 5.92 Å². The van der Waals surface area contributed by atoms with Gasteiger partial charge in [0, 0.05) is 0 Å². The van der Waals surface area contributed by atoms with E-state index in [0.717, 1.165) is 6.42 Å². The van der Waals surface area contributed by atoms with Gasteiger partial charge in [-0.2, -0.15) is 0 Å². The van der Waals surface area contributed by atoms with E-state index in [1.807, 2.05) is 0 Å². The van der Waals surface area contributed by atoms with Gasteiger partial charge in [0.1, 0.15) is 0 Å². The summed E-state index contributed by atoms with van der Waals surface area (Å²) in [5, 5.41) is 0. The molecule has 0 saturated heterocycles. The molecule has 26 heavy (non-hydrogen) atoms. The molecule has 0 saturated carbocycles. The minimum Gasteiger partial charge on any atom is -0.147 e. The molecule has 0 amide bonds. The van der Waals surface area contributed by atoms with Crippen LogP contribution in [-0.2, 0) is 23.5 Å². The van der Waals surface area contributed by atoms with Gasteiger partial charge < -0.3 is 0 Å². The van der Waals surface area contributed by atoms with E-state index in [0.29, 0.717) is 5.92 Å². The monoisotopic (exact) mass is 570 g/mol. The molecule has 138 valence electrons. The summed E-state index contributed by atoms with van der Waals surface area (Å²) in [6, 6.07) is 16.0. The number of halogens is 2. The fraction of sp³-hybridized carbons (Fsp3) is 0.273. The first kappa shape index (κ1) is 21.9. The van der Waals surface area contributed by atoms with Gasteiger partial charge in [0.15, 0.2) is 0 Å². The molecule has 0 aromatic heterocycles. The van der Waals surface area contributed by atoms with Gasteiger partial charge in [-0.1, -0.05) is 0 Å². The van der Waals surface area contributed by atoms with Crippen LogP contribution in [0.3, 0.4) is 0 Å². The van der Waals surface area contributed by atoms with Crippen LogP contribution in [0.1, 0.15) is 25.0 Å². The smallest absolute Gasteiger partial charge is 0.147 e. The first-order valence-corrected chi connectivity index (χ1v) is 28.1. The first-order valence-electron chi connectivity index (χ1n) is 8.95. The molecule has 0 bridgehead atoms. The number of hydrogen-bond donors (Lipinski definition) is 0. The van der Waals surface area contributed by atoms with Gasteiger partial charge in [0.2, 0.25) is 0 Å². The van der Waals surface area contributed by atoms with Gasteiger partial charge in [-0.15, -0.1) is 24.8 Å². The first-order chi connectivity index (χ1) is 11.3. The summed E-state index contributed by atoms with van der Waals surface area (Å²) in [6.07, 6.45) is 5.87. The third kappa shape index (κ3) is 3.17. The SMILES string of the molecule is CC1=[C]([Hf]([CH3])([CH3])(=[SiH2])[c]2cccc3c2Cc2ccccc2-3)C(C)C=C1.Cl.Cl. The van der Waals surface area contributed by atoms with Crippen LogP contribution in [-0.4, -0.2) is 6.94 Å². The van der Waals surface area contributed by atoms with Crippen molar-refractivity contribution in [3.8, 4) is 11.1 Å². The molecule has 2 aromatic rings. The van der Waals surface area contributed by atoms with E-state index in [9.17, 15) is 0 Å². The Labute approximate surface area is 172 Å². The van der Waals surface area contributed by atoms with Crippen molar-refractivity contribution < 1.29 is 17.1 Å². The Morgan fingerprint density at radius 2 is 1.62 bits per heavy atom. The number of rotatable bonds is 2. The van der Waals surface area contributed by atoms with Crippen LogP contribution in [0.4, 0.5) is 0 Å². The molecule has 1 atom stereocenters. The van der Waals surface area contributed by atoms with E-state index in [2.05, 4.69) is 84.8 Å². The average molecular weight is 570 g/mol. The zero-order chi connectivity index (χ0) is 17.1. The Morgan fingerprint density at radius 3 is 2.27 bits per heavy atom. The summed E-state index contributed by atoms with van der Waals surface area (Å²) in [4.78, 5) is 0. The van der Waals surface area contributed by atoms with Crippen molar-refractivity contribution in [3.05, 3.63) is 74.6 Å². The molecule has 4 rings (SSSR count). The molecule has 0 radical (unpaired) electrons. The van der Waals surface area contributed by atoms with Crippen molar-refractivity contribution in [1.29, 1.82) is 0 Å². The van der Waals surface area contributed by atoms with E-state index in [-0.39, 0.29) is 24.8 Å². The Kier molecular flexibility index (Phi) is 6.06. The molecule has 0 nitrogen and oxygen atoms in total. The van der Waals surface area contributed by atoms with Crippen LogP contribution >= 0.6 is 24.8 Å². The second kappa shape index (κ2) is 7.20. The van der Waals surface area contributed by atoms with Crippen LogP contribution in [0.5, 0.6) is 0 Å². The standard InChI is InChI=1S/C13H9.C7H9.2CH3.2ClH.Hf.H2Si/c1-3-7-12-10(5-1)9-11-6-2-4-8-13(11)12;1-6-3-4-7(2)5-6;;;;;;/h1-5,7-8H,9H2;3-4,6H,1-2H3;2*1H3;2*1H;;1H2. The number of hydrogen-bond acceptors (Lipinski definition) is 0. The Morgan fingerprint density at radius 1 is 0.962 bits per heavy atom. The fourth-order valence-electron chi connectivity index (χ4n) is 5.25. The maximum Gasteiger partial charge on any atom is -0.147 e. The van der Waals surface area contributed by atoms with Crippen molar-refractivity contribution in [3.63, 3.8) is 0 Å². The zero-order valence-electron chi connectivity index (χ0n) is 16.0. The molecule has 2 aliphatic carbocycles. The second-order valence-electron chi connectivity index (χ2n) is 8.60. The van der Waals surface area contributed by atoms with Crippen molar-refractivity contribution in [2.45, 2.75) is 29.6 Å². The largest absolute Gasteiger partial charge is 0.147 e. The van der Waals surface area contributed by atoms with Crippen LogP contribution < -0.4 is 3.32 Å². The van der Waals surface area contributed by atoms with Crippen molar-refractivity contribution in [1.82, 2.24) is 0 Å². The molecule has 0 heterocycles. The summed E-state index contributed by atoms with van der Waals surface area (Å²) in [7, 11) is 0. The Bertz CT molecular complexity index is 995. The average Bonchev–Trinajstić information content (AvgIpc) is 3.07. The van der Waals surface area contributed by atoms with Crippen LogP contribution in [0.25, 0.3) is 11.1 Å². The minimum atomic E-state index is -3.31. The molecule has 0 fully saturated rings. The quantitative estimate of drug-likeness (QED) is 0.356. The molecule has 0 aliphatic heterocycles. The van der Waals surface area contributed by atoms with Crippen LogP contribution in [0, 0.1) is 5.92 Å². The predicted molar refractivity (Wildman–Crippen MR) is 120 cm³/mol. The maximum atomic E-state index is 2.65. The molecule has 0 N–H and O–H groups in total. The second-order valence-corrected chi connectivity index (χ2v) is 49.1. The Hall–Kier alpha value is -0.413. The van der Waals surface area contributed by atoms with E-state index in [1.165, 1.54) is 22.3 Å². The summed E-state index contributed by atoms with van der Waals surface area (Å²) >= 11 is -3.31. The molecule has 4 heteroatoms. The van der Waals surface area contributed by atoms with E-state index >= 15 is 0 Å². The predicted octanol–water partition coefficient (Wildman–Crippen LogP) is 5.54. The number of benzene rings is 2. The van der Waals surface area contributed by atoms with Gasteiger partial charge >= 0.3 is 149 Å². The van der Waals surface area contributed by atoms with E-state index in [1.54, 1.807) is 12.2 Å². The van der Waals surface area contributed by atoms with Gasteiger partial charge in [0.25, 0.3) is 0 Å². The van der Waals surface area contributed by atoms with Crippen LogP contribution in [0.2, 0.25) is 9.36 Å². The van der Waals surface area contributed by atoms with Gasteiger partial charge in [-0.25, -0.2) is 0 Å². The molecule has 2 aromatic carbocycles. The molecule has 0 spiro atoms. The van der Waals surface area contributed by atoms with Crippen LogP contribution in [0.15, 0.2) is 63.5 Å². The normalized spacial score (nSPS) is 18.1. The van der Waals surface area contributed by atoms with Gasteiger partial charge in [0.05, 0.1) is 0 Å². The third-order valence-electron chi connectivity index (χ3n) is 6.09. The molecular weight excluding hydrogens is 542 g/mol. The topological polar surface area (TPSA) is 0 Å². The van der Waals surface area contributed by atoms with Crippen molar-refractivity contribution in [2.75, 3.05) is 0 Å². The number of fused-ring (bicyclic) bond motifs is 3. The van der Waals surface area contributed by atoms with Gasteiger partial charge in [-0.05, 0) is 0 Å². The molecule has 2 aliphatic rings. The zero-order valence-corrected chi connectivity index (χ0v) is 22.6. The number of allylic oxidation sites excluding steroid dienone is 4. The van der Waals surface area contributed by atoms with Crippen molar-refractivity contribution >= 4 is 35.1 Å². The maximum absolute atomic E-state index is 3.31. The van der Waals surface area contributed by atoms with Gasteiger partial charge in [-0.3, -0.25) is 0 Å².